The highest BCUT2D eigenvalue weighted by molar-refractivity contribution is 5.89. The molecule has 31 nitrogen and oxygen atoms in total. The molecule has 4 saturated heterocycles. The van der Waals surface area contributed by atoms with Crippen LogP contribution in [0.2, 0.25) is 0 Å². The zero-order valence-electron chi connectivity index (χ0n) is 69.0. The van der Waals surface area contributed by atoms with Gasteiger partial charge in [-0.25, -0.2) is 4.79 Å². The summed E-state index contributed by atoms with van der Waals surface area (Å²) in [7, 11) is 3.08. The molecule has 0 radical (unpaired) electrons. The van der Waals surface area contributed by atoms with Crippen LogP contribution in [-0.4, -0.2) is 199 Å². The van der Waals surface area contributed by atoms with Crippen molar-refractivity contribution in [2.45, 2.75) is 204 Å². The molecule has 0 amide bonds. The SMILES string of the molecule is COc1ccc(CO[C@H]2[C@@H](O[C@@H]3O[C@H](COC(=O)c4ccccc4)[C@H](OC(C)=O)[C@H](O[C@@H]4O[C@H](COC(C)=O)[C@H](OC(C)=O)[C@H](OC(C)=O)[C@H]4OC(C)=O)[C@H]3N=[N+]=[N-])[C@@H](COCc3ccccc3)O[C@@H](O[C@H]3[C@H](OCc4ccccc4)[C@@H](OCc4ccccc4)[C@@H](OCc4ccccc4)O[C@@H]3COCc3ccccc3)[C@@H]2OCc2ccc(OC)cc2)cc1. The number of carbonyl (C=O) groups is 6. The third-order valence-electron chi connectivity index (χ3n) is 20.3. The number of azide groups is 1. The molecule has 31 heteroatoms. The first-order valence-corrected chi connectivity index (χ1v) is 40.2. The summed E-state index contributed by atoms with van der Waals surface area (Å²) >= 11 is 0. The highest BCUT2D eigenvalue weighted by Crippen LogP contribution is 2.42. The fourth-order valence-corrected chi connectivity index (χ4v) is 14.6. The lowest BCUT2D eigenvalue weighted by molar-refractivity contribution is -0.391. The Bertz CT molecular complexity index is 4640. The quantitative estimate of drug-likeness (QED) is 0.0113. The Morgan fingerprint density at radius 3 is 1.04 bits per heavy atom. The maximum absolute atomic E-state index is 14.3. The van der Waals surface area contributed by atoms with Gasteiger partial charge in [-0.3, -0.25) is 24.0 Å². The average molecular weight is 1700 g/mol. The number of hydrogen-bond donors (Lipinski definition) is 0. The van der Waals surface area contributed by atoms with Gasteiger partial charge < -0.3 is 104 Å². The lowest BCUT2D eigenvalue weighted by atomic mass is 9.94. The molecular formula is C92H101N3O28. The van der Waals surface area contributed by atoms with Crippen molar-refractivity contribution in [3.05, 3.63) is 285 Å². The maximum Gasteiger partial charge on any atom is 0.338 e. The van der Waals surface area contributed by atoms with Crippen molar-refractivity contribution in [1.82, 2.24) is 0 Å². The normalized spacial score (nSPS) is 26.1. The summed E-state index contributed by atoms with van der Waals surface area (Å²) < 4.78 is 147. The van der Waals surface area contributed by atoms with Crippen LogP contribution in [0, 0.1) is 0 Å². The molecule has 0 spiro atoms. The molecule has 4 aliphatic rings. The molecular weight excluding hydrogens is 1600 g/mol. The van der Waals surface area contributed by atoms with Gasteiger partial charge >= 0.3 is 35.8 Å². The first-order chi connectivity index (χ1) is 59.9. The van der Waals surface area contributed by atoms with Gasteiger partial charge in [-0.1, -0.05) is 199 Å². The molecule has 123 heavy (non-hydrogen) atoms. The van der Waals surface area contributed by atoms with Crippen LogP contribution in [0.5, 0.6) is 11.5 Å². The van der Waals surface area contributed by atoms with E-state index in [1.54, 1.807) is 61.7 Å². The van der Waals surface area contributed by atoms with Crippen LogP contribution >= 0.6 is 0 Å². The molecule has 20 atom stereocenters. The second kappa shape index (κ2) is 46.4. The maximum atomic E-state index is 14.3. The molecule has 12 rings (SSSR count). The predicted molar refractivity (Wildman–Crippen MR) is 434 cm³/mol. The molecule has 8 aromatic rings. The summed E-state index contributed by atoms with van der Waals surface area (Å²) in [6.45, 7) is 3.12. The van der Waals surface area contributed by atoms with Crippen LogP contribution in [0.4, 0.5) is 0 Å². The van der Waals surface area contributed by atoms with E-state index < -0.39 is 172 Å². The van der Waals surface area contributed by atoms with Gasteiger partial charge in [-0.2, -0.15) is 0 Å². The number of hydrogen-bond acceptors (Lipinski definition) is 29. The van der Waals surface area contributed by atoms with E-state index in [1.165, 1.54) is 19.2 Å². The predicted octanol–water partition coefficient (Wildman–Crippen LogP) is 11.9. The minimum atomic E-state index is -2.06. The molecule has 4 aliphatic heterocycles. The van der Waals surface area contributed by atoms with Gasteiger partial charge in [0.05, 0.1) is 79.2 Å². The summed E-state index contributed by atoms with van der Waals surface area (Å²) in [6, 6.07) is 67.9. The van der Waals surface area contributed by atoms with Crippen molar-refractivity contribution in [2.24, 2.45) is 5.11 Å². The Labute approximate surface area is 711 Å². The van der Waals surface area contributed by atoms with E-state index in [-0.39, 0.29) is 65.0 Å². The van der Waals surface area contributed by atoms with Crippen LogP contribution in [0.15, 0.2) is 236 Å². The Hall–Kier alpha value is -11.1. The largest absolute Gasteiger partial charge is 0.497 e. The molecule has 8 aromatic carbocycles. The van der Waals surface area contributed by atoms with Gasteiger partial charge in [0.2, 0.25) is 0 Å². The molecule has 0 unspecified atom stereocenters. The standard InChI is InChI=1S/C92H101N3O28/c1-57(96)106-55-74-80(114-59(3)98)84(115-60(4)99)87(116-61(5)100)92(120-74)123-81-76(94-95-93)89(117-75(77(81)113-58(2)97)56-111-88(101)69-36-24-13-25-37-69)121-78-73(54-105-47-63-28-16-9-17-29-63)119-91(86(110-51-68-40-44-71(103-7)45-41-68)83(78)108-50-67-38-42-70(102-6)43-39-67)122-79-72(53-104-46-62-26-14-8-15-27-62)118-90(112-52-66-34-22-12-23-35-66)85(109-49-65-32-20-11-21-33-65)82(79)107-48-64-30-18-10-19-31-64/h8-45,72-87,89-92H,46-56H2,1-7H3/t72-,73-,74-,75-,76-,77+,78+,79-,80+,81-,82+,83+,84+,85-,86-,87-,89+,90+,91+,92+/m1/s1. The highest BCUT2D eigenvalue weighted by Gasteiger charge is 2.60. The summed E-state index contributed by atoms with van der Waals surface area (Å²) in [6.07, 6.45) is -30.0. The van der Waals surface area contributed by atoms with Crippen LogP contribution in [-0.2, 0) is 165 Å². The fraction of sp³-hybridized carbons (Fsp3) is 0.413. The van der Waals surface area contributed by atoms with Crippen LogP contribution < -0.4 is 9.47 Å². The highest BCUT2D eigenvalue weighted by atomic mass is 16.8. The van der Waals surface area contributed by atoms with Crippen LogP contribution in [0.25, 0.3) is 10.4 Å². The van der Waals surface area contributed by atoms with E-state index in [0.29, 0.717) is 22.6 Å². The van der Waals surface area contributed by atoms with E-state index >= 15 is 0 Å². The smallest absolute Gasteiger partial charge is 0.338 e. The Morgan fingerprint density at radius 1 is 0.309 bits per heavy atom. The van der Waals surface area contributed by atoms with E-state index in [9.17, 15) is 34.3 Å². The summed E-state index contributed by atoms with van der Waals surface area (Å²) in [5, 5.41) is 4.31. The lowest BCUT2D eigenvalue weighted by Crippen LogP contribution is -2.69. The minimum absolute atomic E-state index is 0.0128. The minimum Gasteiger partial charge on any atom is -0.497 e. The summed E-state index contributed by atoms with van der Waals surface area (Å²) in [5.41, 5.74) is 16.5. The number of nitrogens with zero attached hydrogens (tertiary/aromatic N) is 3. The van der Waals surface area contributed by atoms with Crippen LogP contribution in [0.1, 0.15) is 83.9 Å². The van der Waals surface area contributed by atoms with E-state index in [0.717, 1.165) is 62.4 Å². The number of esters is 6. The summed E-state index contributed by atoms with van der Waals surface area (Å²) in [5.74, 6) is -4.50. The number of carbonyl (C=O) groups excluding carboxylic acids is 6. The Balaban J connectivity index is 1.03. The van der Waals surface area contributed by atoms with Crippen molar-refractivity contribution < 1.29 is 133 Å². The van der Waals surface area contributed by atoms with Crippen molar-refractivity contribution >= 4 is 35.8 Å². The van der Waals surface area contributed by atoms with Crippen molar-refractivity contribution in [2.75, 3.05) is 40.6 Å². The van der Waals surface area contributed by atoms with Crippen molar-refractivity contribution in [3.8, 4) is 11.5 Å². The molecule has 0 saturated carbocycles. The second-order valence-corrected chi connectivity index (χ2v) is 29.3. The van der Waals surface area contributed by atoms with Gasteiger partial charge in [-0.15, -0.1) is 0 Å². The molecule has 4 fully saturated rings. The molecule has 652 valence electrons. The average Bonchev–Trinajstić information content (AvgIpc) is 0.757. The van der Waals surface area contributed by atoms with E-state index in [2.05, 4.69) is 10.0 Å². The molecule has 4 heterocycles. The van der Waals surface area contributed by atoms with Gasteiger partial charge in [-0.05, 0) is 80.9 Å². The first kappa shape index (κ1) is 91.1. The topological polar surface area (TPSA) is 354 Å². The second-order valence-electron chi connectivity index (χ2n) is 29.3. The number of benzene rings is 8. The first-order valence-electron chi connectivity index (χ1n) is 40.2. The Morgan fingerprint density at radius 2 is 0.626 bits per heavy atom. The number of ether oxygens (including phenoxy) is 22. The lowest BCUT2D eigenvalue weighted by Gasteiger charge is -2.52. The van der Waals surface area contributed by atoms with Crippen LogP contribution in [0.3, 0.4) is 0 Å². The fourth-order valence-electron chi connectivity index (χ4n) is 14.6. The third kappa shape index (κ3) is 26.5. The third-order valence-corrected chi connectivity index (χ3v) is 20.3. The summed E-state index contributed by atoms with van der Waals surface area (Å²) in [4.78, 5) is 83.9. The van der Waals surface area contributed by atoms with Crippen molar-refractivity contribution in [3.63, 3.8) is 0 Å². The van der Waals surface area contributed by atoms with E-state index in [4.69, 9.17) is 104 Å². The monoisotopic (exact) mass is 1700 g/mol. The van der Waals surface area contributed by atoms with E-state index in [1.807, 2.05) is 164 Å². The Kier molecular flexibility index (Phi) is 34.4. The number of methoxy groups -OCH3 is 2. The molecule has 0 aromatic heterocycles. The van der Waals surface area contributed by atoms with Gasteiger partial charge in [0, 0.05) is 39.5 Å². The molecule has 0 N–H and O–H groups in total. The van der Waals surface area contributed by atoms with Gasteiger partial charge in [0.1, 0.15) is 97.9 Å². The molecule has 0 aliphatic carbocycles. The zero-order valence-corrected chi connectivity index (χ0v) is 69.0. The molecule has 0 bridgehead atoms. The van der Waals surface area contributed by atoms with Gasteiger partial charge in [0.25, 0.3) is 0 Å². The zero-order chi connectivity index (χ0) is 86.4. The van der Waals surface area contributed by atoms with Gasteiger partial charge in [0.15, 0.2) is 49.6 Å². The van der Waals surface area contributed by atoms with Crippen molar-refractivity contribution in [1.29, 1.82) is 0 Å². The number of rotatable bonds is 41.